The fraction of sp³-hybridized carbons (Fsp3) is 0.789. The van der Waals surface area contributed by atoms with Crippen molar-refractivity contribution < 1.29 is 19.6 Å². The Morgan fingerprint density at radius 3 is 1.26 bits per heavy atom. The van der Waals surface area contributed by atoms with E-state index in [0.717, 1.165) is 19.4 Å². The van der Waals surface area contributed by atoms with Gasteiger partial charge in [0.1, 0.15) is 0 Å². The minimum Gasteiger partial charge on any atom is -0.346 e. The molecule has 0 N–H and O–H groups in total. The third-order valence-electron chi connectivity index (χ3n) is 2.96. The largest absolute Gasteiger partial charge is 0.346 e. The van der Waals surface area contributed by atoms with Crippen LogP contribution in [-0.2, 0) is 19.6 Å². The molecule has 0 aliphatic rings. The van der Waals surface area contributed by atoms with Crippen molar-refractivity contribution in [3.8, 4) is 0 Å². The van der Waals surface area contributed by atoms with Crippen molar-refractivity contribution in [1.82, 2.24) is 0 Å². The van der Waals surface area contributed by atoms with E-state index in [9.17, 15) is 0 Å². The standard InChI is InChI=1S/C12H24N2.C3H7N.2C2H5.W/c1-7-11(3,4)13-9-10-14-12(5,6)8-2;1-2-3-4;2*1-2;/h9-10H,7-8H2,1-6H3;2-3H2,1H3;2*1H2,2H3;/q-2;;2*-1;/b10-9-;;;;. The fourth-order valence-electron chi connectivity index (χ4n) is 0.744. The smallest absolute Gasteiger partial charge is 0.194 e. The SMILES string of the molecule is CCC(C)(C)[N-]/C=C\[N-]C(C)(C)CC.CCC[N]=[W].[CH2-]C.[CH2-]C. The maximum absolute atomic E-state index is 4.44. The molecule has 23 heavy (non-hydrogen) atoms. The predicted octanol–water partition coefficient (Wildman–Crippen LogP) is 7.39. The quantitative estimate of drug-likeness (QED) is 0.315. The van der Waals surface area contributed by atoms with Crippen LogP contribution >= 0.6 is 0 Å². The van der Waals surface area contributed by atoms with Crippen molar-refractivity contribution in [3.63, 3.8) is 0 Å². The molecule has 0 rings (SSSR count). The molecule has 0 saturated carbocycles. The van der Waals surface area contributed by atoms with Gasteiger partial charge >= 0.3 is 43.0 Å². The molecular weight excluding hydrogens is 454 g/mol. The molecule has 0 unspecified atom stereocenters. The molecule has 0 aliphatic carbocycles. The first kappa shape index (κ1) is 30.7. The van der Waals surface area contributed by atoms with Gasteiger partial charge in [0, 0.05) is 0 Å². The van der Waals surface area contributed by atoms with Crippen LogP contribution in [0.15, 0.2) is 15.9 Å². The predicted molar refractivity (Wildman–Crippen MR) is 104 cm³/mol. The van der Waals surface area contributed by atoms with Crippen LogP contribution in [0.1, 0.15) is 81.6 Å². The van der Waals surface area contributed by atoms with Gasteiger partial charge in [-0.3, -0.25) is 0 Å². The average molecular weight is 495 g/mol. The van der Waals surface area contributed by atoms with Crippen LogP contribution in [0.4, 0.5) is 0 Å². The molecule has 4 heteroatoms. The topological polar surface area (TPSA) is 40.6 Å². The third-order valence-corrected chi connectivity index (χ3v) is 3.62. The maximum Gasteiger partial charge on any atom is -0.194 e. The molecule has 0 bridgehead atoms. The molecule has 142 valence electrons. The molecule has 0 radical (unpaired) electrons. The van der Waals surface area contributed by atoms with E-state index >= 15 is 0 Å². The molecule has 0 heterocycles. The van der Waals surface area contributed by atoms with Crippen molar-refractivity contribution in [3.05, 3.63) is 36.9 Å². The first-order valence-electron chi connectivity index (χ1n) is 8.54. The Morgan fingerprint density at radius 2 is 1.13 bits per heavy atom. The van der Waals surface area contributed by atoms with Gasteiger partial charge in [-0.2, -0.15) is 13.8 Å². The Hall–Kier alpha value is -0.172. The van der Waals surface area contributed by atoms with Crippen LogP contribution in [0, 0.1) is 13.8 Å². The summed E-state index contributed by atoms with van der Waals surface area (Å²) in [6.45, 7) is 26.0. The molecule has 0 atom stereocenters. The first-order chi connectivity index (χ1) is 10.7. The van der Waals surface area contributed by atoms with E-state index in [2.05, 4.69) is 76.4 Å². The summed E-state index contributed by atoms with van der Waals surface area (Å²) in [5.74, 6) is 0. The molecule has 0 fully saturated rings. The van der Waals surface area contributed by atoms with Gasteiger partial charge in [0.15, 0.2) is 0 Å². The molecule has 0 spiro atoms. The molecule has 0 aromatic carbocycles. The number of rotatable bonds is 8. The summed E-state index contributed by atoms with van der Waals surface area (Å²) in [7, 11) is 0. The van der Waals surface area contributed by atoms with Crippen molar-refractivity contribution >= 4 is 0 Å². The molecule has 0 aromatic rings. The molecule has 0 aliphatic heterocycles. The summed E-state index contributed by atoms with van der Waals surface area (Å²) in [4.78, 5) is 0. The normalized spacial score (nSPS) is 10.2. The van der Waals surface area contributed by atoms with Crippen molar-refractivity contribution in [1.29, 1.82) is 0 Å². The van der Waals surface area contributed by atoms with Crippen molar-refractivity contribution in [2.24, 2.45) is 3.50 Å². The van der Waals surface area contributed by atoms with E-state index in [1.54, 1.807) is 13.8 Å². The summed E-state index contributed by atoms with van der Waals surface area (Å²) in [6.07, 6.45) is 6.94. The Balaban J connectivity index is -0.000000167. The van der Waals surface area contributed by atoms with Crippen molar-refractivity contribution in [2.45, 2.75) is 92.7 Å². The first-order valence-corrected chi connectivity index (χ1v) is 9.85. The number of nitrogens with zero attached hydrogens (tertiary/aromatic N) is 3. The zero-order valence-electron chi connectivity index (χ0n) is 17.1. The second-order valence-electron chi connectivity index (χ2n) is 5.74. The van der Waals surface area contributed by atoms with Crippen LogP contribution in [0.5, 0.6) is 0 Å². The van der Waals surface area contributed by atoms with Crippen LogP contribution in [0.3, 0.4) is 0 Å². The Morgan fingerprint density at radius 1 is 0.826 bits per heavy atom. The zero-order chi connectivity index (χ0) is 19.4. The van der Waals surface area contributed by atoms with Crippen LogP contribution < -0.4 is 0 Å². The Bertz CT molecular complexity index is 229. The van der Waals surface area contributed by atoms with Gasteiger partial charge in [0.05, 0.1) is 0 Å². The fourth-order valence-corrected chi connectivity index (χ4v) is 1.40. The summed E-state index contributed by atoms with van der Waals surface area (Å²) in [5, 5.41) is 8.88. The van der Waals surface area contributed by atoms with Gasteiger partial charge in [-0.1, -0.05) is 54.4 Å². The minimum absolute atomic E-state index is 0.0440. The maximum atomic E-state index is 4.44. The average Bonchev–Trinajstić information content (AvgIpc) is 2.57. The molecule has 0 aromatic heterocycles. The van der Waals surface area contributed by atoms with Gasteiger partial charge in [-0.05, 0) is 0 Å². The van der Waals surface area contributed by atoms with Crippen LogP contribution in [0.2, 0.25) is 0 Å². The molecule has 0 amide bonds. The summed E-state index contributed by atoms with van der Waals surface area (Å²) < 4.78 is 3.94. The number of hydrogen-bond acceptors (Lipinski definition) is 1. The van der Waals surface area contributed by atoms with Gasteiger partial charge in [-0.15, -0.1) is 11.1 Å². The second kappa shape index (κ2) is 21.8. The molecular formula is C19H41N3W-4. The summed E-state index contributed by atoms with van der Waals surface area (Å²) in [6, 6.07) is 0. The summed E-state index contributed by atoms with van der Waals surface area (Å²) >= 11 is 1.35. The van der Waals surface area contributed by atoms with Gasteiger partial charge in [0.25, 0.3) is 0 Å². The van der Waals surface area contributed by atoms with Crippen LogP contribution in [0.25, 0.3) is 10.6 Å². The van der Waals surface area contributed by atoms with Gasteiger partial charge < -0.3 is 24.5 Å². The van der Waals surface area contributed by atoms with E-state index in [1.165, 1.54) is 26.1 Å². The van der Waals surface area contributed by atoms with E-state index in [-0.39, 0.29) is 11.1 Å². The van der Waals surface area contributed by atoms with E-state index in [1.807, 2.05) is 12.4 Å². The molecule has 0 saturated heterocycles. The molecule has 3 nitrogen and oxygen atoms in total. The number of hydrogen-bond donors (Lipinski definition) is 0. The summed E-state index contributed by atoms with van der Waals surface area (Å²) in [5.41, 5.74) is 0.0881. The Labute approximate surface area is 159 Å². The van der Waals surface area contributed by atoms with E-state index < -0.39 is 0 Å². The monoisotopic (exact) mass is 495 g/mol. The van der Waals surface area contributed by atoms with E-state index in [4.69, 9.17) is 0 Å². The Kier molecular flexibility index (Phi) is 29.1. The van der Waals surface area contributed by atoms with Gasteiger partial charge in [-0.25, -0.2) is 12.4 Å². The van der Waals surface area contributed by atoms with Crippen LogP contribution in [-0.4, -0.2) is 17.6 Å². The van der Waals surface area contributed by atoms with Gasteiger partial charge in [0.2, 0.25) is 0 Å². The van der Waals surface area contributed by atoms with Crippen molar-refractivity contribution in [2.75, 3.05) is 6.54 Å². The third kappa shape index (κ3) is 30.3. The zero-order valence-corrected chi connectivity index (χ0v) is 20.1. The van der Waals surface area contributed by atoms with E-state index in [0.29, 0.717) is 0 Å². The minimum atomic E-state index is 0.0440. The second-order valence-corrected chi connectivity index (χ2v) is 6.67.